The van der Waals surface area contributed by atoms with E-state index >= 15 is 0 Å². The smallest absolute Gasteiger partial charge is 0.321 e. The normalized spacial score (nSPS) is 12.8. The minimum absolute atomic E-state index is 0.173. The SMILES string of the molecule is CC(=O)Nc1cc(SC(F)(F)C(F)Cl)ccc1[N+](=O)[O-]. The first-order valence-electron chi connectivity index (χ1n) is 5.04. The second kappa shape index (κ2) is 6.31. The highest BCUT2D eigenvalue weighted by atomic mass is 35.5. The van der Waals surface area contributed by atoms with Crippen LogP contribution in [0.5, 0.6) is 0 Å². The maximum absolute atomic E-state index is 13.1. The Bertz CT molecular complexity index is 542. The molecule has 0 aliphatic carbocycles. The van der Waals surface area contributed by atoms with Crippen molar-refractivity contribution < 1.29 is 22.9 Å². The van der Waals surface area contributed by atoms with Crippen LogP contribution in [0.1, 0.15) is 6.92 Å². The van der Waals surface area contributed by atoms with Crippen molar-refractivity contribution in [2.75, 3.05) is 5.32 Å². The van der Waals surface area contributed by atoms with Crippen molar-refractivity contribution in [3.63, 3.8) is 0 Å². The van der Waals surface area contributed by atoms with Crippen molar-refractivity contribution in [2.45, 2.75) is 22.7 Å². The van der Waals surface area contributed by atoms with Crippen molar-refractivity contribution in [2.24, 2.45) is 0 Å². The number of nitro benzene ring substituents is 1. The second-order valence-corrected chi connectivity index (χ2v) is 5.18. The lowest BCUT2D eigenvalue weighted by Crippen LogP contribution is -2.20. The number of benzene rings is 1. The van der Waals surface area contributed by atoms with Gasteiger partial charge in [0.1, 0.15) is 5.69 Å². The maximum Gasteiger partial charge on any atom is 0.342 e. The highest BCUT2D eigenvalue weighted by Gasteiger charge is 2.40. The van der Waals surface area contributed by atoms with Crippen LogP contribution < -0.4 is 5.32 Å². The fourth-order valence-corrected chi connectivity index (χ4v) is 2.08. The average Bonchev–Trinajstić information content (AvgIpc) is 2.26. The summed E-state index contributed by atoms with van der Waals surface area (Å²) in [4.78, 5) is 20.7. The van der Waals surface area contributed by atoms with E-state index in [2.05, 4.69) is 5.32 Å². The van der Waals surface area contributed by atoms with E-state index in [1.807, 2.05) is 0 Å². The number of anilines is 1. The highest BCUT2D eigenvalue weighted by Crippen LogP contribution is 2.43. The molecular weight excluding hydrogens is 321 g/mol. The Morgan fingerprint density at radius 3 is 2.60 bits per heavy atom. The van der Waals surface area contributed by atoms with Crippen LogP contribution in [-0.2, 0) is 4.79 Å². The van der Waals surface area contributed by atoms with Crippen LogP contribution >= 0.6 is 23.4 Å². The number of nitrogens with one attached hydrogen (secondary N) is 1. The molecule has 1 atom stereocenters. The van der Waals surface area contributed by atoms with Gasteiger partial charge in [0.25, 0.3) is 5.69 Å². The van der Waals surface area contributed by atoms with Crippen LogP contribution in [0.3, 0.4) is 0 Å². The molecule has 0 spiro atoms. The Morgan fingerprint density at radius 1 is 1.55 bits per heavy atom. The Balaban J connectivity index is 3.12. The Morgan fingerprint density at radius 2 is 2.15 bits per heavy atom. The fourth-order valence-electron chi connectivity index (χ4n) is 1.23. The Labute approximate surface area is 120 Å². The molecule has 0 saturated carbocycles. The van der Waals surface area contributed by atoms with Crippen molar-refractivity contribution in [1.82, 2.24) is 0 Å². The van der Waals surface area contributed by atoms with E-state index in [1.165, 1.54) is 0 Å². The molecule has 0 saturated heterocycles. The lowest BCUT2D eigenvalue weighted by atomic mass is 10.2. The number of nitrogens with zero attached hydrogens (tertiary/aromatic N) is 1. The van der Waals surface area contributed by atoms with Gasteiger partial charge >= 0.3 is 5.25 Å². The van der Waals surface area contributed by atoms with Crippen LogP contribution in [0.15, 0.2) is 23.1 Å². The number of halogens is 4. The van der Waals surface area contributed by atoms with Gasteiger partial charge in [-0.05, 0) is 23.9 Å². The summed E-state index contributed by atoms with van der Waals surface area (Å²) in [6.07, 6.45) is 0. The summed E-state index contributed by atoms with van der Waals surface area (Å²) >= 11 is 4.51. The van der Waals surface area contributed by atoms with Gasteiger partial charge in [0.2, 0.25) is 11.5 Å². The zero-order valence-electron chi connectivity index (χ0n) is 9.90. The number of hydrogen-bond donors (Lipinski definition) is 1. The molecule has 1 N–H and O–H groups in total. The predicted octanol–water partition coefficient (Wildman–Crippen LogP) is 3.77. The van der Waals surface area contributed by atoms with Gasteiger partial charge in [-0.2, -0.15) is 8.78 Å². The van der Waals surface area contributed by atoms with Crippen LogP contribution in [0.25, 0.3) is 0 Å². The minimum Gasteiger partial charge on any atom is -0.321 e. The molecule has 0 aliphatic rings. The van der Waals surface area contributed by atoms with E-state index in [-0.39, 0.29) is 22.3 Å². The third-order valence-corrected chi connectivity index (χ3v) is 3.36. The number of carbonyl (C=O) groups is 1. The van der Waals surface area contributed by atoms with Crippen molar-refractivity contribution in [3.05, 3.63) is 28.3 Å². The van der Waals surface area contributed by atoms with Gasteiger partial charge in [-0.25, -0.2) is 4.39 Å². The van der Waals surface area contributed by atoms with E-state index in [0.717, 1.165) is 25.1 Å². The lowest BCUT2D eigenvalue weighted by Gasteiger charge is -2.15. The summed E-state index contributed by atoms with van der Waals surface area (Å²) in [6, 6.07) is 2.91. The largest absolute Gasteiger partial charge is 0.342 e. The summed E-state index contributed by atoms with van der Waals surface area (Å²) in [5, 5.41) is 8.97. The number of rotatable bonds is 5. The summed E-state index contributed by atoms with van der Waals surface area (Å²) in [7, 11) is 0. The van der Waals surface area contributed by atoms with Gasteiger partial charge in [-0.15, -0.1) is 0 Å². The number of alkyl halides is 4. The summed E-state index contributed by atoms with van der Waals surface area (Å²) < 4.78 is 38.7. The minimum atomic E-state index is -3.90. The Hall–Kier alpha value is -1.48. The maximum atomic E-state index is 13.1. The van der Waals surface area contributed by atoms with Gasteiger partial charge < -0.3 is 5.32 Å². The lowest BCUT2D eigenvalue weighted by molar-refractivity contribution is -0.384. The average molecular weight is 329 g/mol. The third-order valence-electron chi connectivity index (χ3n) is 1.98. The molecule has 10 heteroatoms. The predicted molar refractivity (Wildman–Crippen MR) is 69.0 cm³/mol. The van der Waals surface area contributed by atoms with Crippen LogP contribution in [0, 0.1) is 10.1 Å². The number of nitro groups is 1. The molecule has 1 aromatic rings. The number of thioether (sulfide) groups is 1. The third kappa shape index (κ3) is 4.27. The Kier molecular flexibility index (Phi) is 5.23. The first kappa shape index (κ1) is 16.6. The zero-order chi connectivity index (χ0) is 15.5. The van der Waals surface area contributed by atoms with Gasteiger partial charge in [0.05, 0.1) is 4.92 Å². The molecule has 0 bridgehead atoms. The molecule has 20 heavy (non-hydrogen) atoms. The first-order chi connectivity index (χ1) is 9.13. The molecule has 1 unspecified atom stereocenters. The highest BCUT2D eigenvalue weighted by molar-refractivity contribution is 8.00. The summed E-state index contributed by atoms with van der Waals surface area (Å²) in [5.41, 5.74) is -3.63. The molecule has 0 radical (unpaired) electrons. The number of amides is 1. The van der Waals surface area contributed by atoms with E-state index in [4.69, 9.17) is 11.6 Å². The molecule has 1 rings (SSSR count). The van der Waals surface area contributed by atoms with Crippen molar-refractivity contribution >= 4 is 40.6 Å². The van der Waals surface area contributed by atoms with Gasteiger partial charge in [-0.1, -0.05) is 11.6 Å². The van der Waals surface area contributed by atoms with Crippen molar-refractivity contribution in [1.29, 1.82) is 0 Å². The number of carbonyl (C=O) groups excluding carboxylic acids is 1. The van der Waals surface area contributed by atoms with E-state index in [9.17, 15) is 28.1 Å². The second-order valence-electron chi connectivity index (χ2n) is 3.58. The molecule has 0 heterocycles. The monoisotopic (exact) mass is 328 g/mol. The topological polar surface area (TPSA) is 72.2 Å². The molecule has 5 nitrogen and oxygen atoms in total. The van der Waals surface area contributed by atoms with E-state index < -0.39 is 27.4 Å². The van der Waals surface area contributed by atoms with Crippen LogP contribution in [0.2, 0.25) is 0 Å². The first-order valence-corrected chi connectivity index (χ1v) is 6.30. The van der Waals surface area contributed by atoms with Crippen LogP contribution in [0.4, 0.5) is 24.5 Å². The molecule has 1 aromatic carbocycles. The van der Waals surface area contributed by atoms with Gasteiger partial charge in [0.15, 0.2) is 0 Å². The zero-order valence-corrected chi connectivity index (χ0v) is 11.5. The van der Waals surface area contributed by atoms with Crippen LogP contribution in [-0.4, -0.2) is 21.7 Å². The fraction of sp³-hybridized carbons (Fsp3) is 0.300. The number of hydrogen-bond acceptors (Lipinski definition) is 4. The molecule has 1 amide bonds. The van der Waals surface area contributed by atoms with Gasteiger partial charge in [-0.3, -0.25) is 14.9 Å². The van der Waals surface area contributed by atoms with Gasteiger partial charge in [0, 0.05) is 17.9 Å². The standard InChI is InChI=1S/C10H8ClF3N2O3S/c1-5(17)15-7-4-6(2-3-8(7)16(18)19)20-10(13,14)9(11)12/h2-4,9H,1H3,(H,15,17). The summed E-state index contributed by atoms with van der Waals surface area (Å²) in [6.45, 7) is 1.11. The quantitative estimate of drug-likeness (QED) is 0.386. The van der Waals surface area contributed by atoms with E-state index in [1.54, 1.807) is 0 Å². The molecule has 0 aromatic heterocycles. The molecule has 0 fully saturated rings. The van der Waals surface area contributed by atoms with Crippen molar-refractivity contribution in [3.8, 4) is 0 Å². The molecular formula is C10H8ClF3N2O3S. The molecule has 0 aliphatic heterocycles. The molecule has 110 valence electrons. The summed E-state index contributed by atoms with van der Waals surface area (Å²) in [5.74, 6) is -0.609. The van der Waals surface area contributed by atoms with E-state index in [0.29, 0.717) is 0 Å².